The summed E-state index contributed by atoms with van der Waals surface area (Å²) in [6.45, 7) is 2.12. The normalized spacial score (nSPS) is 12.0. The van der Waals surface area contributed by atoms with E-state index < -0.39 is 19.5 Å². The van der Waals surface area contributed by atoms with Crippen LogP contribution in [0, 0.1) is 6.92 Å². The molecule has 0 saturated carbocycles. The molecule has 0 saturated heterocycles. The molecule has 4 heteroatoms. The Kier molecular flexibility index (Phi) is 7.99. The summed E-state index contributed by atoms with van der Waals surface area (Å²) in [6, 6.07) is 16.9. The molecule has 0 aliphatic heterocycles. The van der Waals surface area contributed by atoms with Gasteiger partial charge in [-0.25, -0.2) is 0 Å². The van der Waals surface area contributed by atoms with Gasteiger partial charge in [-0.1, -0.05) is 0 Å². The molecule has 22 heavy (non-hydrogen) atoms. The standard InChI is InChI=1S/C13H12O.C5H5.2ClH.Ti/c1-10-7-12(9-13(14)8-10)11-5-3-2-4-6-11;1-2-4-5-3-1;;;/h2-9,14H,1H3;1-3H,4H2;2*1H;/q;;;;+1/p-1. The fraction of sp³-hybridized carbons (Fsp3) is 0.111. The quantitative estimate of drug-likeness (QED) is 0.626. The average molecular weight is 369 g/mol. The summed E-state index contributed by atoms with van der Waals surface area (Å²) < 4.78 is 7.50. The molecule has 0 aromatic heterocycles. The first-order chi connectivity index (χ1) is 9.81. The maximum atomic E-state index is 6.05. The van der Waals surface area contributed by atoms with Crippen molar-refractivity contribution in [1.82, 2.24) is 0 Å². The van der Waals surface area contributed by atoms with Gasteiger partial charge >= 0.3 is 129 Å². The third-order valence-corrected chi connectivity index (χ3v) is 4.75. The Hall–Kier alpha value is -0.986. The van der Waals surface area contributed by atoms with Crippen molar-refractivity contribution in [3.05, 3.63) is 76.2 Å². The number of aryl methyl sites for hydroxylation is 1. The molecule has 2 aromatic carbocycles. The van der Waals surface area contributed by atoms with E-state index in [0.717, 1.165) is 12.2 Å². The van der Waals surface area contributed by atoms with E-state index in [0.29, 0.717) is 0 Å². The fourth-order valence-corrected chi connectivity index (χ4v) is 3.39. The molecule has 3 rings (SSSR count). The van der Waals surface area contributed by atoms with Crippen molar-refractivity contribution < 1.29 is 22.9 Å². The summed E-state index contributed by atoms with van der Waals surface area (Å²) in [4.78, 5) is 0. The van der Waals surface area contributed by atoms with Gasteiger partial charge in [0.05, 0.1) is 0 Å². The van der Waals surface area contributed by atoms with Crippen LogP contribution in [0.25, 0.3) is 11.1 Å². The van der Waals surface area contributed by atoms with Crippen LogP contribution in [0.2, 0.25) is 0 Å². The molecule has 0 amide bonds. The van der Waals surface area contributed by atoms with Crippen molar-refractivity contribution in [3.63, 3.8) is 0 Å². The molecule has 0 unspecified atom stereocenters. The first kappa shape index (κ1) is 19.1. The van der Waals surface area contributed by atoms with Gasteiger partial charge in [-0.05, 0) is 0 Å². The summed E-state index contributed by atoms with van der Waals surface area (Å²) in [5, 5.41) is 0. The average Bonchev–Trinajstić information content (AvgIpc) is 2.99. The predicted octanol–water partition coefficient (Wildman–Crippen LogP) is 5.73. The molecule has 1 nitrogen and oxygen atoms in total. The minimum atomic E-state index is -0.494. The third-order valence-electron chi connectivity index (χ3n) is 3.23. The molecule has 0 N–H and O–H groups in total. The minimum absolute atomic E-state index is 0. The Bertz CT molecular complexity index is 666. The first-order valence-electron chi connectivity index (χ1n) is 6.77. The molecule has 114 valence electrons. The van der Waals surface area contributed by atoms with Gasteiger partial charge < -0.3 is 0 Å². The maximum absolute atomic E-state index is 6.05. The second-order valence-corrected chi connectivity index (χ2v) is 6.57. The largest absolute Gasteiger partial charge is 0.147 e. The van der Waals surface area contributed by atoms with E-state index in [2.05, 4.69) is 67.6 Å². The van der Waals surface area contributed by atoms with Gasteiger partial charge in [0.25, 0.3) is 0 Å². The smallest absolute Gasteiger partial charge is 0.147 e. The zero-order valence-electron chi connectivity index (χ0n) is 12.3. The molecule has 0 radical (unpaired) electrons. The van der Waals surface area contributed by atoms with E-state index in [4.69, 9.17) is 3.32 Å². The number of hydrogen-bond acceptors (Lipinski definition) is 1. The van der Waals surface area contributed by atoms with Crippen LogP contribution in [-0.2, 0) is 19.5 Å². The first-order valence-corrected chi connectivity index (χ1v) is 8.19. The van der Waals surface area contributed by atoms with Gasteiger partial charge in [0, 0.05) is 0 Å². The number of halogens is 2. The van der Waals surface area contributed by atoms with E-state index in [1.165, 1.54) is 20.6 Å². The van der Waals surface area contributed by atoms with E-state index in [1.807, 2.05) is 6.07 Å². The zero-order valence-corrected chi connectivity index (χ0v) is 15.5. The van der Waals surface area contributed by atoms with Crippen LogP contribution in [0.5, 0.6) is 5.75 Å². The molecular weight excluding hydrogens is 351 g/mol. The van der Waals surface area contributed by atoms with Gasteiger partial charge in [0.15, 0.2) is 0 Å². The van der Waals surface area contributed by atoms with Crippen molar-refractivity contribution in [3.8, 4) is 16.9 Å². The predicted molar refractivity (Wildman–Crippen MR) is 93.6 cm³/mol. The topological polar surface area (TPSA) is 9.23 Å². The molecule has 1 aliphatic rings. The Balaban J connectivity index is 0.00000121. The van der Waals surface area contributed by atoms with Gasteiger partial charge in [0.1, 0.15) is 0 Å². The molecule has 0 fully saturated rings. The van der Waals surface area contributed by atoms with E-state index >= 15 is 0 Å². The third kappa shape index (κ3) is 5.03. The van der Waals surface area contributed by atoms with Crippen LogP contribution < -0.4 is 3.32 Å². The number of benzene rings is 2. The molecule has 0 atom stereocenters. The van der Waals surface area contributed by atoms with E-state index in [1.54, 1.807) is 0 Å². The second-order valence-electron chi connectivity index (χ2n) is 4.93. The van der Waals surface area contributed by atoms with Crippen LogP contribution in [-0.4, -0.2) is 0 Å². The van der Waals surface area contributed by atoms with Crippen LogP contribution in [0.3, 0.4) is 0 Å². The van der Waals surface area contributed by atoms with Crippen LogP contribution in [0.1, 0.15) is 12.0 Å². The zero-order chi connectivity index (χ0) is 13.8. The van der Waals surface area contributed by atoms with Crippen molar-refractivity contribution in [2.24, 2.45) is 0 Å². The number of allylic oxidation sites excluding steroid dienone is 4. The molecular formula is C18H18Cl2OTi. The molecule has 0 heterocycles. The monoisotopic (exact) mass is 368 g/mol. The van der Waals surface area contributed by atoms with Crippen LogP contribution >= 0.6 is 24.8 Å². The summed E-state index contributed by atoms with van der Waals surface area (Å²) in [7, 11) is 0. The van der Waals surface area contributed by atoms with E-state index in [-0.39, 0.29) is 24.8 Å². The second kappa shape index (κ2) is 9.22. The molecule has 2 aromatic rings. The van der Waals surface area contributed by atoms with E-state index in [9.17, 15) is 0 Å². The summed E-state index contributed by atoms with van der Waals surface area (Å²) >= 11 is -0.494. The number of hydrogen-bond donors (Lipinski definition) is 0. The van der Waals surface area contributed by atoms with Gasteiger partial charge in [-0.15, -0.1) is 24.8 Å². The molecule has 0 spiro atoms. The Morgan fingerprint density at radius 1 is 0.955 bits per heavy atom. The van der Waals surface area contributed by atoms with Gasteiger partial charge in [-0.3, -0.25) is 0 Å². The summed E-state index contributed by atoms with van der Waals surface area (Å²) in [5.74, 6) is 0.997. The summed E-state index contributed by atoms with van der Waals surface area (Å²) in [5.41, 5.74) is 3.71. The Morgan fingerprint density at radius 3 is 2.41 bits per heavy atom. The maximum Gasteiger partial charge on any atom is -0.147 e. The Morgan fingerprint density at radius 2 is 1.73 bits per heavy atom. The van der Waals surface area contributed by atoms with Crippen molar-refractivity contribution in [2.45, 2.75) is 13.3 Å². The molecule has 0 bridgehead atoms. The minimum Gasteiger partial charge on any atom is -0.147 e. The number of rotatable bonds is 4. The van der Waals surface area contributed by atoms with Crippen LogP contribution in [0.4, 0.5) is 0 Å². The van der Waals surface area contributed by atoms with Crippen molar-refractivity contribution >= 4 is 24.8 Å². The molecule has 1 aliphatic carbocycles. The van der Waals surface area contributed by atoms with Crippen LogP contribution in [0.15, 0.2) is 70.6 Å². The SMILES string of the molecule is Cc1cc([O][Ti][C]2=CC=CC2)cc(-c2ccccc2)c1.Cl.Cl. The van der Waals surface area contributed by atoms with Crippen molar-refractivity contribution in [1.29, 1.82) is 0 Å². The Labute approximate surface area is 153 Å². The van der Waals surface area contributed by atoms with Gasteiger partial charge in [0.2, 0.25) is 0 Å². The van der Waals surface area contributed by atoms with Crippen molar-refractivity contribution in [2.75, 3.05) is 0 Å². The van der Waals surface area contributed by atoms with Gasteiger partial charge in [-0.2, -0.15) is 0 Å². The summed E-state index contributed by atoms with van der Waals surface area (Å²) in [6.07, 6.45) is 7.56. The fourth-order valence-electron chi connectivity index (χ4n) is 2.25.